The fourth-order valence-corrected chi connectivity index (χ4v) is 2.41. The summed E-state index contributed by atoms with van der Waals surface area (Å²) in [5, 5.41) is 0. The molecule has 0 radical (unpaired) electrons. The molecule has 2 rings (SSSR count). The van der Waals surface area contributed by atoms with Gasteiger partial charge in [0.25, 0.3) is 0 Å². The Morgan fingerprint density at radius 2 is 2.11 bits per heavy atom. The first-order valence-corrected chi connectivity index (χ1v) is 6.74. The Balaban J connectivity index is 1.86. The van der Waals surface area contributed by atoms with E-state index in [1.54, 1.807) is 7.11 Å². The highest BCUT2D eigenvalue weighted by atomic mass is 16.5. The van der Waals surface area contributed by atoms with Gasteiger partial charge in [0.2, 0.25) is 5.91 Å². The van der Waals surface area contributed by atoms with Crippen molar-refractivity contribution in [3.8, 4) is 0 Å². The van der Waals surface area contributed by atoms with Gasteiger partial charge in [0.15, 0.2) is 0 Å². The number of carbonyl (C=O) groups excluding carboxylic acids is 1. The third-order valence-corrected chi connectivity index (χ3v) is 3.53. The summed E-state index contributed by atoms with van der Waals surface area (Å²) in [5.41, 5.74) is 1.23. The number of ether oxygens (including phenoxy) is 1. The van der Waals surface area contributed by atoms with Crippen molar-refractivity contribution in [3.05, 3.63) is 35.9 Å². The zero-order chi connectivity index (χ0) is 13.7. The molecule has 0 aromatic heterocycles. The molecule has 1 saturated heterocycles. The van der Waals surface area contributed by atoms with Crippen molar-refractivity contribution >= 4 is 5.91 Å². The van der Waals surface area contributed by atoms with Crippen LogP contribution in [0.25, 0.3) is 0 Å². The molecule has 0 N–H and O–H groups in total. The number of hydrogen-bond donors (Lipinski definition) is 0. The summed E-state index contributed by atoms with van der Waals surface area (Å²) >= 11 is 0. The second-order valence-electron chi connectivity index (χ2n) is 5.06. The highest BCUT2D eigenvalue weighted by molar-refractivity contribution is 5.83. The summed E-state index contributed by atoms with van der Waals surface area (Å²) in [4.78, 5) is 15.9. The predicted molar refractivity (Wildman–Crippen MR) is 74.6 cm³/mol. The molecule has 1 heterocycles. The molecule has 1 aromatic carbocycles. The second-order valence-corrected chi connectivity index (χ2v) is 5.06. The molecule has 1 aromatic rings. The molecule has 4 heteroatoms. The SMILES string of the molecule is COCCCN(C)CN1C(=O)CC1c1ccccc1. The third kappa shape index (κ3) is 3.55. The quantitative estimate of drug-likeness (QED) is 0.555. The van der Waals surface area contributed by atoms with Crippen molar-refractivity contribution in [2.45, 2.75) is 18.9 Å². The van der Waals surface area contributed by atoms with Gasteiger partial charge in [-0.05, 0) is 19.0 Å². The molecule has 0 saturated carbocycles. The molecule has 1 unspecified atom stereocenters. The van der Waals surface area contributed by atoms with E-state index in [0.717, 1.165) is 19.6 Å². The highest BCUT2D eigenvalue weighted by Gasteiger charge is 2.37. The predicted octanol–water partition coefficient (Wildman–Crippen LogP) is 1.89. The van der Waals surface area contributed by atoms with Crippen LogP contribution in [0.15, 0.2) is 30.3 Å². The first-order valence-electron chi connectivity index (χ1n) is 6.74. The number of methoxy groups -OCH3 is 1. The van der Waals surface area contributed by atoms with Crippen LogP contribution in [0.3, 0.4) is 0 Å². The lowest BCUT2D eigenvalue weighted by atomic mass is 9.94. The normalized spacial score (nSPS) is 18.8. The van der Waals surface area contributed by atoms with Crippen LogP contribution in [0.1, 0.15) is 24.4 Å². The van der Waals surface area contributed by atoms with Crippen molar-refractivity contribution in [1.29, 1.82) is 0 Å². The molecule has 19 heavy (non-hydrogen) atoms. The Kier molecular flexibility index (Phi) is 4.93. The maximum atomic E-state index is 11.8. The number of nitrogens with zero attached hydrogens (tertiary/aromatic N) is 2. The smallest absolute Gasteiger partial charge is 0.226 e. The van der Waals surface area contributed by atoms with Crippen LogP contribution >= 0.6 is 0 Å². The van der Waals surface area contributed by atoms with Crippen LogP contribution in [0.5, 0.6) is 0 Å². The molecule has 104 valence electrons. The molecule has 1 fully saturated rings. The molecular formula is C15H22N2O2. The van der Waals surface area contributed by atoms with Gasteiger partial charge in [-0.15, -0.1) is 0 Å². The zero-order valence-electron chi connectivity index (χ0n) is 11.7. The van der Waals surface area contributed by atoms with Gasteiger partial charge >= 0.3 is 0 Å². The van der Waals surface area contributed by atoms with E-state index in [1.165, 1.54) is 5.56 Å². The maximum Gasteiger partial charge on any atom is 0.226 e. The summed E-state index contributed by atoms with van der Waals surface area (Å²) < 4.78 is 5.04. The van der Waals surface area contributed by atoms with Crippen molar-refractivity contribution in [1.82, 2.24) is 9.80 Å². The highest BCUT2D eigenvalue weighted by Crippen LogP contribution is 2.33. The van der Waals surface area contributed by atoms with E-state index in [-0.39, 0.29) is 11.9 Å². The van der Waals surface area contributed by atoms with Crippen molar-refractivity contribution in [2.75, 3.05) is 34.0 Å². The first-order chi connectivity index (χ1) is 9.22. The van der Waals surface area contributed by atoms with Gasteiger partial charge in [-0.25, -0.2) is 0 Å². The number of amides is 1. The van der Waals surface area contributed by atoms with Crippen LogP contribution in [0.4, 0.5) is 0 Å². The molecule has 1 atom stereocenters. The summed E-state index contributed by atoms with van der Waals surface area (Å²) in [6.07, 6.45) is 1.63. The molecule has 0 aliphatic carbocycles. The summed E-state index contributed by atoms with van der Waals surface area (Å²) in [6, 6.07) is 10.5. The Hall–Kier alpha value is -1.39. The number of likely N-dealkylation sites (tertiary alicyclic amines) is 1. The van der Waals surface area contributed by atoms with Crippen molar-refractivity contribution in [3.63, 3.8) is 0 Å². The second kappa shape index (κ2) is 6.68. The molecule has 0 spiro atoms. The van der Waals surface area contributed by atoms with Gasteiger partial charge in [-0.1, -0.05) is 30.3 Å². The van der Waals surface area contributed by atoms with Crippen molar-refractivity contribution < 1.29 is 9.53 Å². The average molecular weight is 262 g/mol. The number of carbonyl (C=O) groups is 1. The number of benzene rings is 1. The van der Waals surface area contributed by atoms with Gasteiger partial charge in [0.05, 0.1) is 19.1 Å². The standard InChI is InChI=1S/C15H22N2O2/c1-16(9-6-10-19-2)12-17-14(11-15(17)18)13-7-4-3-5-8-13/h3-5,7-8,14H,6,9-12H2,1-2H3. The van der Waals surface area contributed by atoms with Gasteiger partial charge in [0.1, 0.15) is 0 Å². The van der Waals surface area contributed by atoms with E-state index in [0.29, 0.717) is 13.1 Å². The van der Waals surface area contributed by atoms with Gasteiger partial charge in [-0.3, -0.25) is 9.69 Å². The van der Waals surface area contributed by atoms with Gasteiger partial charge < -0.3 is 9.64 Å². The Morgan fingerprint density at radius 3 is 2.74 bits per heavy atom. The Morgan fingerprint density at radius 1 is 1.37 bits per heavy atom. The van der Waals surface area contributed by atoms with Crippen LogP contribution in [0.2, 0.25) is 0 Å². The lowest BCUT2D eigenvalue weighted by Gasteiger charge is -2.42. The van der Waals surface area contributed by atoms with E-state index in [2.05, 4.69) is 17.0 Å². The largest absolute Gasteiger partial charge is 0.385 e. The van der Waals surface area contributed by atoms with E-state index < -0.39 is 0 Å². The molecule has 1 aliphatic heterocycles. The summed E-state index contributed by atoms with van der Waals surface area (Å²) in [5.74, 6) is 0.243. The summed E-state index contributed by atoms with van der Waals surface area (Å²) in [6.45, 7) is 2.40. The zero-order valence-corrected chi connectivity index (χ0v) is 11.7. The lowest BCUT2D eigenvalue weighted by Crippen LogP contribution is -2.51. The van der Waals surface area contributed by atoms with E-state index in [4.69, 9.17) is 4.74 Å². The molecule has 1 aliphatic rings. The number of hydrogen-bond acceptors (Lipinski definition) is 3. The summed E-state index contributed by atoms with van der Waals surface area (Å²) in [7, 11) is 3.76. The monoisotopic (exact) mass is 262 g/mol. The number of β-lactam (4-membered cyclic amide) rings is 1. The van der Waals surface area contributed by atoms with Crippen LogP contribution in [0, 0.1) is 0 Å². The minimum absolute atomic E-state index is 0.243. The Labute approximate surface area is 115 Å². The van der Waals surface area contributed by atoms with Crippen LogP contribution in [-0.4, -0.2) is 49.7 Å². The average Bonchev–Trinajstić information content (AvgIpc) is 2.43. The molecule has 4 nitrogen and oxygen atoms in total. The Bertz CT molecular complexity index is 408. The molecule has 0 bridgehead atoms. The minimum atomic E-state index is 0.243. The first kappa shape index (κ1) is 14.0. The van der Waals surface area contributed by atoms with Crippen LogP contribution < -0.4 is 0 Å². The van der Waals surface area contributed by atoms with E-state index in [9.17, 15) is 4.79 Å². The lowest BCUT2D eigenvalue weighted by molar-refractivity contribution is -0.149. The topological polar surface area (TPSA) is 32.8 Å². The van der Waals surface area contributed by atoms with E-state index in [1.807, 2.05) is 30.1 Å². The fourth-order valence-electron chi connectivity index (χ4n) is 2.41. The van der Waals surface area contributed by atoms with Crippen molar-refractivity contribution in [2.24, 2.45) is 0 Å². The van der Waals surface area contributed by atoms with Crippen LogP contribution in [-0.2, 0) is 9.53 Å². The number of rotatable bonds is 7. The minimum Gasteiger partial charge on any atom is -0.385 e. The van der Waals surface area contributed by atoms with E-state index >= 15 is 0 Å². The molecular weight excluding hydrogens is 240 g/mol. The maximum absolute atomic E-state index is 11.8. The third-order valence-electron chi connectivity index (χ3n) is 3.53. The fraction of sp³-hybridized carbons (Fsp3) is 0.533. The van der Waals surface area contributed by atoms with Gasteiger partial charge in [-0.2, -0.15) is 0 Å². The van der Waals surface area contributed by atoms with Gasteiger partial charge in [0, 0.05) is 20.3 Å². The molecule has 1 amide bonds.